The summed E-state index contributed by atoms with van der Waals surface area (Å²) in [6.07, 6.45) is 1.39. The third-order valence-corrected chi connectivity index (χ3v) is 3.20. The van der Waals surface area contributed by atoms with Crippen molar-refractivity contribution in [1.82, 2.24) is 5.32 Å². The van der Waals surface area contributed by atoms with Gasteiger partial charge in [-0.1, -0.05) is 29.8 Å². The third-order valence-electron chi connectivity index (χ3n) is 3.20. The number of ether oxygens (including phenoxy) is 1. The van der Waals surface area contributed by atoms with Crippen LogP contribution < -0.4 is 10.1 Å². The highest BCUT2D eigenvalue weighted by Gasteiger charge is 2.13. The highest BCUT2D eigenvalue weighted by Crippen LogP contribution is 2.15. The van der Waals surface area contributed by atoms with Crippen molar-refractivity contribution in [2.75, 3.05) is 7.11 Å². The summed E-state index contributed by atoms with van der Waals surface area (Å²) in [7, 11) is 1.53. The summed E-state index contributed by atoms with van der Waals surface area (Å²) in [5.41, 5.74) is 1.83. The third kappa shape index (κ3) is 4.44. The fourth-order valence-electron chi connectivity index (χ4n) is 1.95. The van der Waals surface area contributed by atoms with Crippen LogP contribution in [0.25, 0.3) is 6.08 Å². The van der Waals surface area contributed by atoms with Gasteiger partial charge in [0, 0.05) is 5.56 Å². The Kier molecular flexibility index (Phi) is 5.15. The molecule has 0 aromatic heterocycles. The van der Waals surface area contributed by atoms with Gasteiger partial charge >= 0.3 is 5.97 Å². The SMILES string of the molecule is COc1cccc(/C=C(/NC(=O)c2ccc(C)cc2)C(=O)O)c1. The van der Waals surface area contributed by atoms with Crippen LogP contribution in [0.15, 0.2) is 54.2 Å². The number of aryl methyl sites for hydroxylation is 1. The Balaban J connectivity index is 2.24. The molecule has 2 aromatic rings. The zero-order valence-corrected chi connectivity index (χ0v) is 12.9. The minimum Gasteiger partial charge on any atom is -0.497 e. The Bertz CT molecular complexity index is 748. The number of aliphatic carboxylic acids is 1. The van der Waals surface area contributed by atoms with E-state index in [0.717, 1.165) is 5.56 Å². The van der Waals surface area contributed by atoms with E-state index in [-0.39, 0.29) is 5.70 Å². The van der Waals surface area contributed by atoms with Crippen molar-refractivity contribution in [3.8, 4) is 5.75 Å². The number of hydrogen-bond donors (Lipinski definition) is 2. The largest absolute Gasteiger partial charge is 0.497 e. The maximum atomic E-state index is 12.1. The van der Waals surface area contributed by atoms with Crippen LogP contribution in [0.4, 0.5) is 0 Å². The first kappa shape index (κ1) is 16.3. The number of carboxylic acids is 1. The van der Waals surface area contributed by atoms with Crippen molar-refractivity contribution in [3.63, 3.8) is 0 Å². The smallest absolute Gasteiger partial charge is 0.352 e. The van der Waals surface area contributed by atoms with Gasteiger partial charge in [0.25, 0.3) is 5.91 Å². The van der Waals surface area contributed by atoms with E-state index in [4.69, 9.17) is 4.74 Å². The van der Waals surface area contributed by atoms with Gasteiger partial charge in [-0.15, -0.1) is 0 Å². The summed E-state index contributed by atoms with van der Waals surface area (Å²) in [5.74, 6) is -1.08. The fourth-order valence-corrected chi connectivity index (χ4v) is 1.95. The standard InChI is InChI=1S/C18H17NO4/c1-12-6-8-14(9-7-12)17(20)19-16(18(21)22)11-13-4-3-5-15(10-13)23-2/h3-11H,1-2H3,(H,19,20)(H,21,22)/b16-11+. The van der Waals surface area contributed by atoms with E-state index in [2.05, 4.69) is 5.32 Å². The van der Waals surface area contributed by atoms with Gasteiger partial charge < -0.3 is 15.2 Å². The van der Waals surface area contributed by atoms with Gasteiger partial charge in [-0.2, -0.15) is 0 Å². The minimum absolute atomic E-state index is 0.205. The van der Waals surface area contributed by atoms with Gasteiger partial charge in [0.1, 0.15) is 11.4 Å². The Hall–Kier alpha value is -3.08. The van der Waals surface area contributed by atoms with E-state index < -0.39 is 11.9 Å². The van der Waals surface area contributed by atoms with Crippen LogP contribution in [0.1, 0.15) is 21.5 Å². The quantitative estimate of drug-likeness (QED) is 0.833. The number of methoxy groups -OCH3 is 1. The van der Waals surface area contributed by atoms with Crippen LogP contribution >= 0.6 is 0 Å². The molecule has 1 amide bonds. The number of carboxylic acid groups (broad SMARTS) is 1. The lowest BCUT2D eigenvalue weighted by Gasteiger charge is -2.07. The first-order valence-electron chi connectivity index (χ1n) is 6.96. The number of carbonyl (C=O) groups excluding carboxylic acids is 1. The Morgan fingerprint density at radius 1 is 1.13 bits per heavy atom. The maximum Gasteiger partial charge on any atom is 0.352 e. The van der Waals surface area contributed by atoms with Crippen LogP contribution in [0, 0.1) is 6.92 Å². The Morgan fingerprint density at radius 2 is 1.83 bits per heavy atom. The molecule has 5 nitrogen and oxygen atoms in total. The molecular weight excluding hydrogens is 294 g/mol. The molecule has 0 bridgehead atoms. The summed E-state index contributed by atoms with van der Waals surface area (Å²) < 4.78 is 5.09. The van der Waals surface area contributed by atoms with Gasteiger partial charge in [-0.05, 0) is 42.8 Å². The Labute approximate surface area is 134 Å². The second kappa shape index (κ2) is 7.26. The second-order valence-electron chi connectivity index (χ2n) is 4.96. The lowest BCUT2D eigenvalue weighted by molar-refractivity contribution is -0.132. The van der Waals surface area contributed by atoms with Crippen LogP contribution in [-0.2, 0) is 4.79 Å². The van der Waals surface area contributed by atoms with Crippen LogP contribution in [0.3, 0.4) is 0 Å². The van der Waals surface area contributed by atoms with Crippen molar-refractivity contribution < 1.29 is 19.4 Å². The molecule has 0 spiro atoms. The molecule has 2 rings (SSSR count). The van der Waals surface area contributed by atoms with Crippen molar-refractivity contribution >= 4 is 18.0 Å². The molecule has 5 heteroatoms. The lowest BCUT2D eigenvalue weighted by atomic mass is 10.1. The van der Waals surface area contributed by atoms with Gasteiger partial charge in [0.15, 0.2) is 0 Å². The molecule has 118 valence electrons. The van der Waals surface area contributed by atoms with E-state index in [1.165, 1.54) is 13.2 Å². The van der Waals surface area contributed by atoms with E-state index in [1.54, 1.807) is 48.5 Å². The molecule has 0 radical (unpaired) electrons. The Morgan fingerprint density at radius 3 is 2.43 bits per heavy atom. The molecule has 0 unspecified atom stereocenters. The van der Waals surface area contributed by atoms with Crippen LogP contribution in [0.5, 0.6) is 5.75 Å². The molecule has 0 heterocycles. The summed E-state index contributed by atoms with van der Waals surface area (Å²) >= 11 is 0. The fraction of sp³-hybridized carbons (Fsp3) is 0.111. The minimum atomic E-state index is -1.21. The van der Waals surface area contributed by atoms with Crippen molar-refractivity contribution in [2.24, 2.45) is 0 Å². The highest BCUT2D eigenvalue weighted by molar-refractivity contribution is 6.02. The van der Waals surface area contributed by atoms with Crippen LogP contribution in [-0.4, -0.2) is 24.1 Å². The zero-order chi connectivity index (χ0) is 16.8. The molecule has 0 saturated carbocycles. The number of benzene rings is 2. The van der Waals surface area contributed by atoms with E-state index in [1.807, 2.05) is 6.92 Å². The van der Waals surface area contributed by atoms with Crippen molar-refractivity contribution in [3.05, 3.63) is 70.9 Å². The number of rotatable bonds is 5. The first-order chi connectivity index (χ1) is 11.0. The molecule has 0 saturated heterocycles. The molecule has 0 aliphatic heterocycles. The van der Waals surface area contributed by atoms with E-state index in [0.29, 0.717) is 16.9 Å². The summed E-state index contributed by atoms with van der Waals surface area (Å²) in [4.78, 5) is 23.5. The second-order valence-corrected chi connectivity index (χ2v) is 4.96. The number of carbonyl (C=O) groups is 2. The molecular formula is C18H17NO4. The molecule has 0 atom stereocenters. The predicted octanol–water partition coefficient (Wildman–Crippen LogP) is 2.86. The average Bonchev–Trinajstić information content (AvgIpc) is 2.54. The number of hydrogen-bond acceptors (Lipinski definition) is 3. The van der Waals surface area contributed by atoms with Gasteiger partial charge in [0.05, 0.1) is 7.11 Å². The summed E-state index contributed by atoms with van der Waals surface area (Å²) in [5, 5.41) is 11.7. The molecule has 0 aliphatic rings. The summed E-state index contributed by atoms with van der Waals surface area (Å²) in [6, 6.07) is 13.8. The van der Waals surface area contributed by atoms with Crippen molar-refractivity contribution in [2.45, 2.75) is 6.92 Å². The molecule has 0 aliphatic carbocycles. The maximum absolute atomic E-state index is 12.1. The van der Waals surface area contributed by atoms with Gasteiger partial charge in [-0.25, -0.2) is 4.79 Å². The highest BCUT2D eigenvalue weighted by atomic mass is 16.5. The summed E-state index contributed by atoms with van der Waals surface area (Å²) in [6.45, 7) is 1.91. The average molecular weight is 311 g/mol. The van der Waals surface area contributed by atoms with Crippen molar-refractivity contribution in [1.29, 1.82) is 0 Å². The van der Waals surface area contributed by atoms with Gasteiger partial charge in [0.2, 0.25) is 0 Å². The normalized spacial score (nSPS) is 11.0. The zero-order valence-electron chi connectivity index (χ0n) is 12.9. The van der Waals surface area contributed by atoms with Gasteiger partial charge in [-0.3, -0.25) is 4.79 Å². The monoisotopic (exact) mass is 311 g/mol. The predicted molar refractivity (Wildman–Crippen MR) is 87.3 cm³/mol. The molecule has 23 heavy (non-hydrogen) atoms. The molecule has 2 aromatic carbocycles. The first-order valence-corrected chi connectivity index (χ1v) is 6.96. The number of amides is 1. The van der Waals surface area contributed by atoms with E-state index >= 15 is 0 Å². The lowest BCUT2D eigenvalue weighted by Crippen LogP contribution is -2.27. The number of nitrogens with one attached hydrogen (secondary N) is 1. The topological polar surface area (TPSA) is 75.6 Å². The van der Waals surface area contributed by atoms with Crippen LogP contribution in [0.2, 0.25) is 0 Å². The molecule has 2 N–H and O–H groups in total. The molecule has 0 fully saturated rings. The van der Waals surface area contributed by atoms with E-state index in [9.17, 15) is 14.7 Å².